The van der Waals surface area contributed by atoms with Gasteiger partial charge in [0.1, 0.15) is 23.9 Å². The van der Waals surface area contributed by atoms with Gasteiger partial charge in [0.05, 0.1) is 30.9 Å². The molecule has 0 saturated carbocycles. The summed E-state index contributed by atoms with van der Waals surface area (Å²) in [7, 11) is -9.64. The lowest BCUT2D eigenvalue weighted by Crippen LogP contribution is -2.59. The number of nitrogens with zero attached hydrogens (tertiary/aromatic N) is 3. The molecule has 1 fully saturated rings. The van der Waals surface area contributed by atoms with E-state index in [9.17, 15) is 32.7 Å². The van der Waals surface area contributed by atoms with Crippen LogP contribution in [-0.2, 0) is 39.2 Å². The Bertz CT molecular complexity index is 2360. The number of ether oxygens (including phenoxy) is 2. The number of hydrogen-bond donors (Lipinski definition) is 3. The van der Waals surface area contributed by atoms with Crippen molar-refractivity contribution < 1.29 is 36.0 Å². The van der Waals surface area contributed by atoms with Crippen LogP contribution in [0.1, 0.15) is 65.1 Å². The highest BCUT2D eigenvalue weighted by molar-refractivity contribution is 7.90. The van der Waals surface area contributed by atoms with Crippen molar-refractivity contribution in [3.8, 4) is 11.8 Å². The molecule has 3 aliphatic heterocycles. The Kier molecular flexibility index (Phi) is 11.6. The predicted octanol–water partition coefficient (Wildman–Crippen LogP) is 1.87. The standard InChI is InChI=1S/C36H53N5O12SSi2/c1-22-17-41(33(46)39(30(22)44)16-12-13-23-18-40(32(45)38-29(23)43)27-15-14-24(19-42)50-27)31-28(52-56(10,11)35(5,6)7)36(25(37)21-54(47,48)53-36)26(51-31)20-49-55(8,9)34(2,3)4/h14-15,17-18,21,24,26-28,31,42H,16,19-20,37H2,1-11H3,(H,38,43,45)/t24-,26?,27+,28-,31+,36?/m0/s1. The van der Waals surface area contributed by atoms with Crippen molar-refractivity contribution in [2.75, 3.05) is 13.2 Å². The lowest BCUT2D eigenvalue weighted by atomic mass is 9.89. The molecule has 0 radical (unpaired) electrons. The van der Waals surface area contributed by atoms with E-state index in [2.05, 4.69) is 37.6 Å². The van der Waals surface area contributed by atoms with Gasteiger partial charge in [-0.2, -0.15) is 8.42 Å². The van der Waals surface area contributed by atoms with Crippen LogP contribution in [0.25, 0.3) is 0 Å². The lowest BCUT2D eigenvalue weighted by Gasteiger charge is -2.43. The molecule has 0 aliphatic carbocycles. The molecule has 20 heteroatoms. The SMILES string of the molecule is Cc1cn([C@@H]2OC(CO[Si](C)(C)C(C)(C)C)C3(OS(=O)(=O)C=C3N)[C@H]2O[Si](C)(C)C(C)(C)C)c(=O)n(CC#Cc2cn([C@H]3C=C[C@@H](CO)O3)c(=O)[nH]c2=O)c1=O. The summed E-state index contributed by atoms with van der Waals surface area (Å²) in [6.45, 7) is 20.7. The van der Waals surface area contributed by atoms with Gasteiger partial charge in [-0.15, -0.1) is 0 Å². The van der Waals surface area contributed by atoms with Crippen molar-refractivity contribution in [3.05, 3.63) is 88.5 Å². The van der Waals surface area contributed by atoms with Crippen LogP contribution in [0.5, 0.6) is 0 Å². The topological polar surface area (TPSA) is 225 Å². The van der Waals surface area contributed by atoms with Crippen LogP contribution in [-0.4, -0.2) is 86.0 Å². The van der Waals surface area contributed by atoms with Crippen molar-refractivity contribution in [2.24, 2.45) is 5.73 Å². The van der Waals surface area contributed by atoms with Crippen LogP contribution in [0.4, 0.5) is 0 Å². The molecule has 308 valence electrons. The number of H-pyrrole nitrogens is 1. The molecule has 0 aromatic carbocycles. The van der Waals surface area contributed by atoms with E-state index in [-0.39, 0.29) is 35.1 Å². The van der Waals surface area contributed by atoms with Crippen molar-refractivity contribution in [2.45, 2.75) is 128 Å². The zero-order chi connectivity index (χ0) is 42.0. The van der Waals surface area contributed by atoms with Gasteiger partial charge in [-0.25, -0.2) is 18.3 Å². The van der Waals surface area contributed by atoms with E-state index in [1.807, 2.05) is 47.0 Å². The Morgan fingerprint density at radius 2 is 1.62 bits per heavy atom. The largest absolute Gasteiger partial charge is 0.414 e. The van der Waals surface area contributed by atoms with Crippen molar-refractivity contribution in [1.82, 2.24) is 18.7 Å². The summed E-state index contributed by atoms with van der Waals surface area (Å²) in [5.74, 6) is 5.33. The molecule has 2 aromatic heterocycles. The highest BCUT2D eigenvalue weighted by atomic mass is 32.2. The molecule has 2 unspecified atom stereocenters. The highest BCUT2D eigenvalue weighted by Gasteiger charge is 2.67. The molecule has 56 heavy (non-hydrogen) atoms. The normalized spacial score (nSPS) is 26.4. The minimum absolute atomic E-state index is 0.120. The number of aromatic nitrogens is 4. The first-order chi connectivity index (χ1) is 25.7. The average Bonchev–Trinajstić information content (AvgIpc) is 3.73. The summed E-state index contributed by atoms with van der Waals surface area (Å²) in [6, 6.07) is 0. The third-order valence-corrected chi connectivity index (χ3v) is 21.4. The van der Waals surface area contributed by atoms with E-state index >= 15 is 0 Å². The van der Waals surface area contributed by atoms with Gasteiger partial charge in [0, 0.05) is 18.0 Å². The third-order valence-electron chi connectivity index (χ3n) is 11.4. The van der Waals surface area contributed by atoms with Gasteiger partial charge >= 0.3 is 11.4 Å². The summed E-state index contributed by atoms with van der Waals surface area (Å²) in [6.07, 6.45) is 0.235. The Morgan fingerprint density at radius 3 is 2.18 bits per heavy atom. The number of aliphatic hydroxyl groups excluding tert-OH is 1. The monoisotopic (exact) mass is 835 g/mol. The molecular weight excluding hydrogens is 783 g/mol. The summed E-state index contributed by atoms with van der Waals surface area (Å²) in [4.78, 5) is 55.3. The van der Waals surface area contributed by atoms with Crippen LogP contribution in [0.3, 0.4) is 0 Å². The van der Waals surface area contributed by atoms with Gasteiger partial charge in [-0.3, -0.25) is 23.7 Å². The van der Waals surface area contributed by atoms with Gasteiger partial charge in [0.15, 0.2) is 34.7 Å². The van der Waals surface area contributed by atoms with E-state index < -0.39 is 97.2 Å². The van der Waals surface area contributed by atoms with Gasteiger partial charge in [0.2, 0.25) is 0 Å². The van der Waals surface area contributed by atoms with E-state index in [0.717, 1.165) is 19.1 Å². The first-order valence-electron chi connectivity index (χ1n) is 18.2. The number of aromatic amines is 1. The maximum atomic E-state index is 14.4. The van der Waals surface area contributed by atoms with Gasteiger partial charge in [-0.1, -0.05) is 59.5 Å². The van der Waals surface area contributed by atoms with Crippen molar-refractivity contribution in [1.29, 1.82) is 0 Å². The van der Waals surface area contributed by atoms with E-state index in [1.54, 1.807) is 12.2 Å². The van der Waals surface area contributed by atoms with Gasteiger partial charge in [-0.05, 0) is 49.3 Å². The second kappa shape index (κ2) is 14.9. The summed E-state index contributed by atoms with van der Waals surface area (Å²) >= 11 is 0. The molecular formula is C36H53N5O12SSi2. The van der Waals surface area contributed by atoms with Crippen molar-refractivity contribution >= 4 is 26.8 Å². The summed E-state index contributed by atoms with van der Waals surface area (Å²) in [5.41, 5.74) is 1.34. The fraction of sp³-hybridized carbons (Fsp3) is 0.611. The molecule has 0 amide bonds. The molecule has 6 atom stereocenters. The molecule has 1 spiro atoms. The number of hydrogen-bond acceptors (Lipinski definition) is 13. The van der Waals surface area contributed by atoms with E-state index in [1.165, 1.54) is 19.3 Å². The van der Waals surface area contributed by atoms with Gasteiger partial charge < -0.3 is 29.2 Å². The first-order valence-corrected chi connectivity index (χ1v) is 25.5. The fourth-order valence-electron chi connectivity index (χ4n) is 6.02. The maximum absolute atomic E-state index is 14.4. The minimum atomic E-state index is -4.33. The molecule has 4 N–H and O–H groups in total. The smallest absolute Gasteiger partial charge is 0.334 e. The average molecular weight is 836 g/mol. The number of nitrogens with two attached hydrogens (primary N) is 1. The molecule has 1 saturated heterocycles. The quantitative estimate of drug-likeness (QED) is 0.142. The minimum Gasteiger partial charge on any atom is -0.414 e. The second-order valence-electron chi connectivity index (χ2n) is 17.4. The number of nitrogens with one attached hydrogen (secondary N) is 1. The van der Waals surface area contributed by atoms with E-state index in [4.69, 9.17) is 28.2 Å². The van der Waals surface area contributed by atoms with Gasteiger partial charge in [0.25, 0.3) is 21.2 Å². The Labute approximate surface area is 327 Å². The zero-order valence-corrected chi connectivity index (χ0v) is 36.5. The molecule has 17 nitrogen and oxygen atoms in total. The van der Waals surface area contributed by atoms with Crippen LogP contribution in [0.15, 0.2) is 54.8 Å². The summed E-state index contributed by atoms with van der Waals surface area (Å²) < 4.78 is 61.0. The molecule has 0 bridgehead atoms. The molecule has 5 heterocycles. The second-order valence-corrected chi connectivity index (χ2v) is 28.3. The van der Waals surface area contributed by atoms with Crippen LogP contribution < -0.4 is 28.2 Å². The molecule has 3 aliphatic rings. The molecule has 5 rings (SSSR count). The Balaban J connectivity index is 1.61. The predicted molar refractivity (Wildman–Crippen MR) is 212 cm³/mol. The highest BCUT2D eigenvalue weighted by Crippen LogP contribution is 2.52. The lowest BCUT2D eigenvalue weighted by molar-refractivity contribution is -0.0567. The zero-order valence-electron chi connectivity index (χ0n) is 33.7. The number of aliphatic hydroxyl groups is 1. The Morgan fingerprint density at radius 1 is 0.982 bits per heavy atom. The van der Waals surface area contributed by atoms with Crippen LogP contribution in [0, 0.1) is 18.8 Å². The third kappa shape index (κ3) is 8.06. The first kappa shape index (κ1) is 43.5. The maximum Gasteiger partial charge on any atom is 0.334 e. The van der Waals surface area contributed by atoms with E-state index in [0.29, 0.717) is 0 Å². The number of rotatable bonds is 9. The Hall–Kier alpha value is -3.66. The van der Waals surface area contributed by atoms with Crippen molar-refractivity contribution in [3.63, 3.8) is 0 Å². The molecule has 2 aromatic rings. The number of aryl methyl sites for hydroxylation is 1. The fourth-order valence-corrected chi connectivity index (χ4v) is 9.53. The van der Waals surface area contributed by atoms with Crippen LogP contribution >= 0.6 is 0 Å². The van der Waals surface area contributed by atoms with Crippen LogP contribution in [0.2, 0.25) is 36.3 Å². The summed E-state index contributed by atoms with van der Waals surface area (Å²) in [5, 5.41) is 9.60.